The van der Waals surface area contributed by atoms with Gasteiger partial charge in [0.05, 0.1) is 6.61 Å². The van der Waals surface area contributed by atoms with Crippen LogP contribution in [0.15, 0.2) is 41.0 Å². The lowest BCUT2D eigenvalue weighted by Gasteiger charge is -2.24. The van der Waals surface area contributed by atoms with E-state index in [0.717, 1.165) is 17.1 Å². The van der Waals surface area contributed by atoms with E-state index in [1.54, 1.807) is 11.8 Å². The summed E-state index contributed by atoms with van der Waals surface area (Å²) in [4.78, 5) is 13.2. The highest BCUT2D eigenvalue weighted by Crippen LogP contribution is 2.35. The van der Waals surface area contributed by atoms with Crippen molar-refractivity contribution in [2.24, 2.45) is 0 Å². The highest BCUT2D eigenvalue weighted by molar-refractivity contribution is 7.99. The van der Waals surface area contributed by atoms with Crippen molar-refractivity contribution in [1.82, 2.24) is 0 Å². The molecule has 0 N–H and O–H groups in total. The minimum atomic E-state index is -0.417. The van der Waals surface area contributed by atoms with Crippen molar-refractivity contribution >= 4 is 17.5 Å². The molecule has 0 saturated carbocycles. The molecular formula is C13H12O3S. The molecule has 2 aliphatic heterocycles. The lowest BCUT2D eigenvalue weighted by Crippen LogP contribution is -2.33. The first-order chi connectivity index (χ1) is 8.34. The fourth-order valence-electron chi connectivity index (χ4n) is 1.90. The fourth-order valence-corrected chi connectivity index (χ4v) is 2.88. The predicted octanol–water partition coefficient (Wildman–Crippen LogP) is 2.41. The van der Waals surface area contributed by atoms with E-state index < -0.39 is 6.10 Å². The van der Waals surface area contributed by atoms with E-state index in [1.807, 2.05) is 30.3 Å². The van der Waals surface area contributed by atoms with Crippen molar-refractivity contribution in [2.45, 2.75) is 17.4 Å². The van der Waals surface area contributed by atoms with Crippen LogP contribution in [0.1, 0.15) is 6.42 Å². The summed E-state index contributed by atoms with van der Waals surface area (Å²) in [5.41, 5.74) is 0. The van der Waals surface area contributed by atoms with E-state index in [4.69, 9.17) is 9.47 Å². The molecule has 3 nitrogen and oxygen atoms in total. The molecule has 0 bridgehead atoms. The number of hydrogen-bond donors (Lipinski definition) is 0. The van der Waals surface area contributed by atoms with Crippen molar-refractivity contribution in [3.63, 3.8) is 0 Å². The Hall–Kier alpha value is -1.42. The first kappa shape index (κ1) is 10.7. The average Bonchev–Trinajstić information content (AvgIpc) is 2.91. The Morgan fingerprint density at radius 3 is 3.06 bits per heavy atom. The van der Waals surface area contributed by atoms with Crippen LogP contribution in [-0.2, 0) is 9.53 Å². The van der Waals surface area contributed by atoms with E-state index in [0.29, 0.717) is 18.1 Å². The second-order valence-electron chi connectivity index (χ2n) is 3.93. The fraction of sp³-hybridized carbons (Fsp3) is 0.308. The number of carbonyl (C=O) groups excluding carboxylic acids is 1. The Labute approximate surface area is 104 Å². The molecule has 2 aliphatic rings. The Morgan fingerprint density at radius 2 is 2.24 bits per heavy atom. The molecule has 0 saturated heterocycles. The van der Waals surface area contributed by atoms with Crippen LogP contribution in [0.5, 0.6) is 5.75 Å². The van der Waals surface area contributed by atoms with E-state index in [2.05, 4.69) is 0 Å². The van der Waals surface area contributed by atoms with Crippen LogP contribution in [0, 0.1) is 0 Å². The summed E-state index contributed by atoms with van der Waals surface area (Å²) < 4.78 is 11.0. The Kier molecular flexibility index (Phi) is 2.81. The van der Waals surface area contributed by atoms with Crippen molar-refractivity contribution < 1.29 is 14.3 Å². The van der Waals surface area contributed by atoms with Gasteiger partial charge in [0.2, 0.25) is 5.78 Å². The molecule has 0 amide bonds. The summed E-state index contributed by atoms with van der Waals surface area (Å²) in [5.74, 6) is 1.87. The third kappa shape index (κ3) is 2.05. The maximum absolute atomic E-state index is 12.1. The molecule has 4 heteroatoms. The number of para-hydroxylation sites is 1. The molecule has 88 valence electrons. The minimum absolute atomic E-state index is 0.0375. The molecule has 1 aromatic carbocycles. The predicted molar refractivity (Wildman–Crippen MR) is 65.2 cm³/mol. The highest BCUT2D eigenvalue weighted by Gasteiger charge is 2.30. The van der Waals surface area contributed by atoms with Gasteiger partial charge in [0.15, 0.2) is 11.9 Å². The molecule has 0 spiro atoms. The molecule has 0 radical (unpaired) electrons. The van der Waals surface area contributed by atoms with Crippen LogP contribution in [0.2, 0.25) is 0 Å². The quantitative estimate of drug-likeness (QED) is 0.805. The van der Waals surface area contributed by atoms with Gasteiger partial charge in [0.1, 0.15) is 5.75 Å². The van der Waals surface area contributed by atoms with Crippen LogP contribution in [0.3, 0.4) is 0 Å². The topological polar surface area (TPSA) is 35.5 Å². The average molecular weight is 248 g/mol. The minimum Gasteiger partial charge on any atom is -0.490 e. The molecular weight excluding hydrogens is 236 g/mol. The zero-order valence-corrected chi connectivity index (χ0v) is 10.0. The van der Waals surface area contributed by atoms with Gasteiger partial charge in [0, 0.05) is 17.1 Å². The lowest BCUT2D eigenvalue weighted by atomic mass is 10.2. The van der Waals surface area contributed by atoms with Gasteiger partial charge in [-0.15, -0.1) is 11.8 Å². The van der Waals surface area contributed by atoms with Gasteiger partial charge in [-0.05, 0) is 18.2 Å². The van der Waals surface area contributed by atoms with Crippen LogP contribution < -0.4 is 4.74 Å². The molecule has 17 heavy (non-hydrogen) atoms. The third-order valence-electron chi connectivity index (χ3n) is 2.75. The third-order valence-corrected chi connectivity index (χ3v) is 3.87. The summed E-state index contributed by atoms with van der Waals surface area (Å²) >= 11 is 1.66. The maximum atomic E-state index is 12.1. The van der Waals surface area contributed by atoms with E-state index in [-0.39, 0.29) is 5.78 Å². The Bertz CT molecular complexity index is 481. The SMILES string of the molecule is O=C(C1=CCCO1)C1CSc2ccccc2O1. The van der Waals surface area contributed by atoms with E-state index in [9.17, 15) is 4.79 Å². The number of rotatable bonds is 2. The molecule has 1 aromatic rings. The molecule has 0 aromatic heterocycles. The largest absolute Gasteiger partial charge is 0.490 e. The first-order valence-electron chi connectivity index (χ1n) is 5.60. The molecule has 3 rings (SSSR count). The van der Waals surface area contributed by atoms with Gasteiger partial charge in [-0.1, -0.05) is 12.1 Å². The van der Waals surface area contributed by atoms with Crippen LogP contribution in [0.25, 0.3) is 0 Å². The number of hydrogen-bond acceptors (Lipinski definition) is 4. The highest BCUT2D eigenvalue weighted by atomic mass is 32.2. The summed E-state index contributed by atoms with van der Waals surface area (Å²) in [5, 5.41) is 0. The number of thioether (sulfide) groups is 1. The van der Waals surface area contributed by atoms with Gasteiger partial charge < -0.3 is 9.47 Å². The number of carbonyl (C=O) groups is 1. The van der Waals surface area contributed by atoms with Crippen molar-refractivity contribution in [3.8, 4) is 5.75 Å². The maximum Gasteiger partial charge on any atom is 0.238 e. The van der Waals surface area contributed by atoms with Crippen LogP contribution >= 0.6 is 11.8 Å². The number of fused-ring (bicyclic) bond motifs is 1. The number of ketones is 1. The number of benzene rings is 1. The molecule has 1 unspecified atom stereocenters. The Balaban J connectivity index is 1.77. The van der Waals surface area contributed by atoms with Crippen LogP contribution in [0.4, 0.5) is 0 Å². The Morgan fingerprint density at radius 1 is 1.35 bits per heavy atom. The summed E-state index contributed by atoms with van der Waals surface area (Å²) in [6, 6.07) is 7.79. The van der Waals surface area contributed by atoms with Gasteiger partial charge >= 0.3 is 0 Å². The second-order valence-corrected chi connectivity index (χ2v) is 5.00. The van der Waals surface area contributed by atoms with Crippen molar-refractivity contribution in [2.75, 3.05) is 12.4 Å². The monoisotopic (exact) mass is 248 g/mol. The lowest BCUT2D eigenvalue weighted by molar-refractivity contribution is -0.124. The summed E-state index contributed by atoms with van der Waals surface area (Å²) in [6.45, 7) is 0.609. The molecule has 2 heterocycles. The van der Waals surface area contributed by atoms with Gasteiger partial charge in [-0.25, -0.2) is 0 Å². The zero-order chi connectivity index (χ0) is 11.7. The van der Waals surface area contributed by atoms with Crippen molar-refractivity contribution in [3.05, 3.63) is 36.1 Å². The standard InChI is InChI=1S/C13H12O3S/c14-13(10-5-3-7-15-10)11-8-17-12-6-2-1-4-9(12)16-11/h1-2,4-6,11H,3,7-8H2. The zero-order valence-electron chi connectivity index (χ0n) is 9.22. The summed E-state index contributed by atoms with van der Waals surface area (Å²) in [6.07, 6.45) is 2.24. The van der Waals surface area contributed by atoms with Crippen molar-refractivity contribution in [1.29, 1.82) is 0 Å². The van der Waals surface area contributed by atoms with E-state index in [1.165, 1.54) is 0 Å². The molecule has 0 aliphatic carbocycles. The first-order valence-corrected chi connectivity index (χ1v) is 6.59. The molecule has 0 fully saturated rings. The molecule has 1 atom stereocenters. The summed E-state index contributed by atoms with van der Waals surface area (Å²) in [7, 11) is 0. The normalized spacial score (nSPS) is 22.1. The number of Topliss-reactive ketones (excluding diaryl/α,β-unsaturated/α-hetero) is 1. The van der Waals surface area contributed by atoms with Gasteiger partial charge in [-0.3, -0.25) is 4.79 Å². The number of ether oxygens (including phenoxy) is 2. The van der Waals surface area contributed by atoms with Gasteiger partial charge in [0.25, 0.3) is 0 Å². The van der Waals surface area contributed by atoms with Gasteiger partial charge in [-0.2, -0.15) is 0 Å². The van der Waals surface area contributed by atoms with Crippen LogP contribution in [-0.4, -0.2) is 24.2 Å². The smallest absolute Gasteiger partial charge is 0.238 e. The van der Waals surface area contributed by atoms with E-state index >= 15 is 0 Å². The second kappa shape index (κ2) is 4.45.